The number of hydrogen-bond acceptors (Lipinski definition) is 8. The predicted octanol–water partition coefficient (Wildman–Crippen LogP) is 5.23. The number of rotatable bonds is 8. The Labute approximate surface area is 261 Å². The minimum atomic E-state index is -4.62. The van der Waals surface area contributed by atoms with Gasteiger partial charge in [0.2, 0.25) is 5.95 Å². The monoisotopic (exact) mass is 638 g/mol. The lowest BCUT2D eigenvalue weighted by molar-refractivity contribution is -0.903. The van der Waals surface area contributed by atoms with Gasteiger partial charge in [0.05, 0.1) is 55.5 Å². The molecule has 45 heavy (non-hydrogen) atoms. The second-order valence-corrected chi connectivity index (χ2v) is 12.5. The van der Waals surface area contributed by atoms with Crippen molar-refractivity contribution < 1.29 is 27.2 Å². The number of aromatic nitrogens is 4. The standard InChI is InChI=1S/C31H30F3N7O3S/c1-18-26(28(42)44-5)27(40-29(37-38-30(40)43)39(18)24-8-6-7-22(14-24)31(32,33)34)25-10-9-20(15-35)13-21(25)11-12-41(3,4)16-23-17-45-19(2)36-23/h6-10,13-14,17,27H,11-12,16H2,1-5H3/p+1/t27-/m1/s1. The van der Waals surface area contributed by atoms with Crippen LogP contribution >= 0.6 is 11.3 Å². The summed E-state index contributed by atoms with van der Waals surface area (Å²) in [7, 11) is 5.33. The maximum atomic E-state index is 13.7. The van der Waals surface area contributed by atoms with Gasteiger partial charge in [-0.25, -0.2) is 24.2 Å². The molecule has 4 aromatic rings. The lowest BCUT2D eigenvalue weighted by atomic mass is 9.89. The number of fused-ring (bicyclic) bond motifs is 1. The van der Waals surface area contributed by atoms with Crippen LogP contribution in [0.1, 0.15) is 45.9 Å². The van der Waals surface area contributed by atoms with Gasteiger partial charge >= 0.3 is 17.8 Å². The molecule has 1 atom stereocenters. The van der Waals surface area contributed by atoms with E-state index >= 15 is 0 Å². The Balaban J connectivity index is 1.65. The Kier molecular flexibility index (Phi) is 8.43. The summed E-state index contributed by atoms with van der Waals surface area (Å²) in [6.45, 7) is 4.82. The van der Waals surface area contributed by atoms with Crippen LogP contribution in [0.5, 0.6) is 0 Å². The molecule has 0 amide bonds. The zero-order valence-corrected chi connectivity index (χ0v) is 26.1. The first-order chi connectivity index (χ1) is 21.2. The van der Waals surface area contributed by atoms with E-state index in [1.165, 1.54) is 28.7 Å². The molecule has 0 bridgehead atoms. The summed E-state index contributed by atoms with van der Waals surface area (Å²) in [6.07, 6.45) is -4.14. The van der Waals surface area contributed by atoms with Crippen molar-refractivity contribution >= 4 is 28.9 Å². The summed E-state index contributed by atoms with van der Waals surface area (Å²) < 4.78 is 47.9. The molecule has 0 spiro atoms. The molecule has 14 heteroatoms. The number of allylic oxidation sites excluding steroid dienone is 1. The number of carbonyl (C=O) groups is 1. The number of halogens is 3. The minimum absolute atomic E-state index is 0.000185. The van der Waals surface area contributed by atoms with E-state index < -0.39 is 29.4 Å². The normalized spacial score (nSPS) is 15.2. The maximum absolute atomic E-state index is 13.7. The number of methoxy groups -OCH3 is 1. The third-order valence-electron chi connectivity index (χ3n) is 7.79. The largest absolute Gasteiger partial charge is 0.466 e. The van der Waals surface area contributed by atoms with Crippen molar-refractivity contribution in [2.24, 2.45) is 0 Å². The second kappa shape index (κ2) is 12.0. The van der Waals surface area contributed by atoms with E-state index in [2.05, 4.69) is 35.3 Å². The number of anilines is 2. The molecular weight excluding hydrogens is 607 g/mol. The van der Waals surface area contributed by atoms with Crippen LogP contribution < -0.4 is 10.6 Å². The fourth-order valence-corrected chi connectivity index (χ4v) is 6.26. The SMILES string of the molecule is COC(=O)C1=C(C)N(c2cccc(C(F)(F)F)c2)c2n[nH]c(=O)n2[C@@H]1c1ccc(C#N)cc1CC[N+](C)(C)Cc1csc(C)n1. The van der Waals surface area contributed by atoms with Crippen molar-refractivity contribution in [1.29, 1.82) is 5.26 Å². The van der Waals surface area contributed by atoms with Gasteiger partial charge in [0.1, 0.15) is 18.3 Å². The smallest absolute Gasteiger partial charge is 0.416 e. The number of aryl methyl sites for hydroxylation is 1. The zero-order chi connectivity index (χ0) is 32.7. The van der Waals surface area contributed by atoms with Crippen LogP contribution in [0.15, 0.2) is 63.9 Å². The first-order valence-electron chi connectivity index (χ1n) is 13.9. The highest BCUT2D eigenvalue weighted by molar-refractivity contribution is 7.09. The van der Waals surface area contributed by atoms with Crippen molar-refractivity contribution in [1.82, 2.24) is 19.7 Å². The van der Waals surface area contributed by atoms with Gasteiger partial charge < -0.3 is 9.22 Å². The van der Waals surface area contributed by atoms with Crippen molar-refractivity contribution in [2.45, 2.75) is 39.0 Å². The van der Waals surface area contributed by atoms with Crippen LogP contribution in [-0.2, 0) is 28.7 Å². The van der Waals surface area contributed by atoms with E-state index in [4.69, 9.17) is 4.74 Å². The molecule has 1 N–H and O–H groups in total. The average molecular weight is 639 g/mol. The first kappa shape index (κ1) is 31.7. The molecule has 1 aliphatic heterocycles. The number of esters is 1. The summed E-state index contributed by atoms with van der Waals surface area (Å²) in [5.41, 5.74) is 1.41. The lowest BCUT2D eigenvalue weighted by Gasteiger charge is -2.36. The number of H-pyrrole nitrogens is 1. The molecule has 0 aliphatic carbocycles. The molecule has 5 rings (SSSR count). The number of ether oxygens (including phenoxy) is 1. The van der Waals surface area contributed by atoms with E-state index in [9.17, 15) is 28.0 Å². The van der Waals surface area contributed by atoms with Gasteiger partial charge in [-0.3, -0.25) is 4.90 Å². The minimum Gasteiger partial charge on any atom is -0.466 e. The van der Waals surface area contributed by atoms with Crippen LogP contribution in [0.3, 0.4) is 0 Å². The van der Waals surface area contributed by atoms with Gasteiger partial charge in [-0.15, -0.1) is 16.4 Å². The molecule has 3 heterocycles. The van der Waals surface area contributed by atoms with E-state index in [0.29, 0.717) is 35.1 Å². The molecule has 2 aromatic carbocycles. The van der Waals surface area contributed by atoms with Crippen LogP contribution in [0, 0.1) is 18.3 Å². The number of nitriles is 1. The van der Waals surface area contributed by atoms with Crippen molar-refractivity contribution in [3.63, 3.8) is 0 Å². The number of benzene rings is 2. The fraction of sp³-hybridized carbons (Fsp3) is 0.323. The number of carbonyl (C=O) groups excluding carboxylic acids is 1. The Morgan fingerprint density at radius 3 is 2.60 bits per heavy atom. The number of nitrogens with one attached hydrogen (secondary N) is 1. The van der Waals surface area contributed by atoms with E-state index in [-0.39, 0.29) is 22.9 Å². The number of aromatic amines is 1. The molecule has 2 aromatic heterocycles. The highest BCUT2D eigenvalue weighted by Gasteiger charge is 2.41. The molecule has 0 radical (unpaired) electrons. The Morgan fingerprint density at radius 1 is 1.20 bits per heavy atom. The second-order valence-electron chi connectivity index (χ2n) is 11.4. The highest BCUT2D eigenvalue weighted by atomic mass is 32.1. The third-order valence-corrected chi connectivity index (χ3v) is 8.61. The van der Waals surface area contributed by atoms with Gasteiger partial charge in [-0.2, -0.15) is 18.4 Å². The molecule has 10 nitrogen and oxygen atoms in total. The van der Waals surface area contributed by atoms with E-state index in [1.807, 2.05) is 12.3 Å². The van der Waals surface area contributed by atoms with Crippen LogP contribution in [0.4, 0.5) is 24.8 Å². The van der Waals surface area contributed by atoms with E-state index in [1.54, 1.807) is 36.5 Å². The quantitative estimate of drug-likeness (QED) is 0.207. The van der Waals surface area contributed by atoms with Gasteiger partial charge in [-0.05, 0) is 55.3 Å². The zero-order valence-electron chi connectivity index (χ0n) is 25.3. The van der Waals surface area contributed by atoms with Gasteiger partial charge in [-0.1, -0.05) is 12.1 Å². The van der Waals surface area contributed by atoms with Crippen LogP contribution in [0.25, 0.3) is 0 Å². The number of nitrogens with zero attached hydrogens (tertiary/aromatic N) is 6. The van der Waals surface area contributed by atoms with Crippen LogP contribution in [0.2, 0.25) is 0 Å². The lowest BCUT2D eigenvalue weighted by Crippen LogP contribution is -2.41. The maximum Gasteiger partial charge on any atom is 0.416 e. The number of alkyl halides is 3. The molecule has 0 unspecified atom stereocenters. The number of thiazole rings is 1. The summed E-state index contributed by atoms with van der Waals surface area (Å²) in [4.78, 5) is 32.8. The molecular formula is C31H31F3N7O3S+. The van der Waals surface area contributed by atoms with Crippen LogP contribution in [-0.4, -0.2) is 58.0 Å². The Morgan fingerprint density at radius 2 is 1.96 bits per heavy atom. The van der Waals surface area contributed by atoms with Gasteiger partial charge in [0, 0.05) is 23.2 Å². The molecule has 234 valence electrons. The Hall–Kier alpha value is -4.74. The van der Waals surface area contributed by atoms with Gasteiger partial charge in [0.15, 0.2) is 0 Å². The van der Waals surface area contributed by atoms with E-state index in [0.717, 1.165) is 28.4 Å². The number of hydrogen-bond donors (Lipinski definition) is 1. The van der Waals surface area contributed by atoms with Crippen molar-refractivity contribution in [3.05, 3.63) is 103 Å². The first-order valence-corrected chi connectivity index (χ1v) is 14.8. The molecule has 1 aliphatic rings. The highest BCUT2D eigenvalue weighted by Crippen LogP contribution is 2.43. The Bertz CT molecular complexity index is 1900. The van der Waals surface area contributed by atoms with Crippen molar-refractivity contribution in [2.75, 3.05) is 32.6 Å². The van der Waals surface area contributed by atoms with Crippen molar-refractivity contribution in [3.8, 4) is 6.07 Å². The third kappa shape index (κ3) is 6.27. The predicted molar refractivity (Wildman–Crippen MR) is 162 cm³/mol. The summed E-state index contributed by atoms with van der Waals surface area (Å²) in [6, 6.07) is 10.7. The van der Waals surface area contributed by atoms with Gasteiger partial charge in [0.25, 0.3) is 0 Å². The summed E-state index contributed by atoms with van der Waals surface area (Å²) >= 11 is 1.58. The topological polar surface area (TPSA) is 117 Å². The number of likely N-dealkylation sites (N-methyl/N-ethyl adjacent to an activating group) is 1. The average Bonchev–Trinajstić information content (AvgIpc) is 3.58. The molecule has 0 saturated heterocycles. The fourth-order valence-electron chi connectivity index (χ4n) is 5.66. The summed E-state index contributed by atoms with van der Waals surface area (Å²) in [5.74, 6) is -0.765. The summed E-state index contributed by atoms with van der Waals surface area (Å²) in [5, 5.41) is 19.3. The number of quaternary nitrogens is 1. The molecule has 0 fully saturated rings. The molecule has 0 saturated carbocycles.